The first-order valence-corrected chi connectivity index (χ1v) is 9.73. The van der Waals surface area contributed by atoms with Crippen LogP contribution in [0.2, 0.25) is 0 Å². The molecule has 6 nitrogen and oxygen atoms in total. The van der Waals surface area contributed by atoms with Crippen LogP contribution in [0.15, 0.2) is 41.4 Å². The summed E-state index contributed by atoms with van der Waals surface area (Å²) >= 11 is 1.35. The van der Waals surface area contributed by atoms with E-state index < -0.39 is 0 Å². The average molecular weight is 402 g/mol. The number of nitrogens with one attached hydrogen (secondary N) is 2. The molecule has 3 rings (SSSR count). The highest BCUT2D eigenvalue weighted by molar-refractivity contribution is 8.00. The Kier molecular flexibility index (Phi) is 6.41. The summed E-state index contributed by atoms with van der Waals surface area (Å²) in [7, 11) is 1.88. The van der Waals surface area contributed by atoms with Crippen molar-refractivity contribution in [2.24, 2.45) is 0 Å². The summed E-state index contributed by atoms with van der Waals surface area (Å²) in [6.45, 7) is 4.89. The maximum atomic E-state index is 13.7. The van der Waals surface area contributed by atoms with Gasteiger partial charge in [0.1, 0.15) is 18.2 Å². The molecule has 1 aromatic heterocycles. The fraction of sp³-hybridized carbons (Fsp3) is 0.300. The van der Waals surface area contributed by atoms with Crippen LogP contribution in [-0.4, -0.2) is 37.5 Å². The number of aromatic nitrogens is 1. The summed E-state index contributed by atoms with van der Waals surface area (Å²) in [5.41, 5.74) is 2.37. The minimum absolute atomic E-state index is 0.0944. The quantitative estimate of drug-likeness (QED) is 0.559. The zero-order valence-electron chi connectivity index (χ0n) is 16.0. The number of ether oxygens (including phenoxy) is 2. The molecule has 8 heteroatoms. The fourth-order valence-corrected chi connectivity index (χ4v) is 3.64. The van der Waals surface area contributed by atoms with Crippen LogP contribution in [0.1, 0.15) is 19.4 Å². The molecule has 0 amide bonds. The van der Waals surface area contributed by atoms with E-state index in [4.69, 9.17) is 14.9 Å². The summed E-state index contributed by atoms with van der Waals surface area (Å²) in [5.74, 6) is 0.835. The Morgan fingerprint density at radius 2 is 2.29 bits per heavy atom. The van der Waals surface area contributed by atoms with Gasteiger partial charge in [-0.05, 0) is 56.1 Å². The topological polar surface area (TPSA) is 70.5 Å². The summed E-state index contributed by atoms with van der Waals surface area (Å²) in [6, 6.07) is 6.51. The molecule has 0 aliphatic carbocycles. The Morgan fingerprint density at radius 3 is 3.04 bits per heavy atom. The van der Waals surface area contributed by atoms with Gasteiger partial charge in [0.2, 0.25) is 5.88 Å². The van der Waals surface area contributed by atoms with Gasteiger partial charge in [-0.3, -0.25) is 0 Å². The molecule has 0 saturated heterocycles. The van der Waals surface area contributed by atoms with Crippen molar-refractivity contribution in [3.8, 4) is 11.6 Å². The standard InChI is InChI=1S/C20H23FN4O2S/c1-4-26-18-6-5-14(21)9-19(18)28-25(3)15-10-16-17(7-8-22)24-13(2)12-27-20(16)23-11-15/h5-11,13,22,24H,4,12H2,1-3H3/b17-7-,22-8?. The highest BCUT2D eigenvalue weighted by Crippen LogP contribution is 2.36. The molecule has 28 heavy (non-hydrogen) atoms. The van der Waals surface area contributed by atoms with E-state index >= 15 is 0 Å². The molecule has 0 fully saturated rings. The Balaban J connectivity index is 1.91. The van der Waals surface area contributed by atoms with Crippen molar-refractivity contribution in [2.75, 3.05) is 24.6 Å². The number of fused-ring (bicyclic) bond motifs is 1. The zero-order chi connectivity index (χ0) is 20.1. The summed E-state index contributed by atoms with van der Waals surface area (Å²) in [5, 5.41) is 10.8. The normalized spacial score (nSPS) is 17.1. The minimum Gasteiger partial charge on any atom is -0.493 e. The first-order valence-electron chi connectivity index (χ1n) is 8.96. The molecule has 1 atom stereocenters. The van der Waals surface area contributed by atoms with Crippen LogP contribution in [0.5, 0.6) is 11.6 Å². The van der Waals surface area contributed by atoms with E-state index in [1.807, 2.05) is 31.3 Å². The Bertz CT molecular complexity index is 891. The number of hydrogen-bond acceptors (Lipinski definition) is 7. The molecule has 0 spiro atoms. The monoisotopic (exact) mass is 402 g/mol. The molecular formula is C20H23FN4O2S. The highest BCUT2D eigenvalue weighted by Gasteiger charge is 2.20. The molecule has 1 aromatic carbocycles. The first kappa shape index (κ1) is 20.0. The molecular weight excluding hydrogens is 379 g/mol. The van der Waals surface area contributed by atoms with E-state index in [1.165, 1.54) is 30.3 Å². The number of anilines is 1. The number of halogens is 1. The van der Waals surface area contributed by atoms with E-state index in [-0.39, 0.29) is 11.9 Å². The third kappa shape index (κ3) is 4.56. The van der Waals surface area contributed by atoms with Gasteiger partial charge in [0.25, 0.3) is 0 Å². The van der Waals surface area contributed by atoms with Crippen molar-refractivity contribution < 1.29 is 13.9 Å². The molecule has 1 aliphatic rings. The van der Waals surface area contributed by atoms with Crippen molar-refractivity contribution in [3.05, 3.63) is 47.9 Å². The third-order valence-corrected chi connectivity index (χ3v) is 5.05. The number of rotatable bonds is 6. The molecule has 2 heterocycles. The lowest BCUT2D eigenvalue weighted by molar-refractivity contribution is 0.282. The van der Waals surface area contributed by atoms with Crippen LogP contribution in [0.3, 0.4) is 0 Å². The molecule has 1 aliphatic heterocycles. The second kappa shape index (κ2) is 8.97. The maximum absolute atomic E-state index is 13.7. The van der Waals surface area contributed by atoms with Crippen molar-refractivity contribution in [2.45, 2.75) is 24.8 Å². The molecule has 0 saturated carbocycles. The van der Waals surface area contributed by atoms with Crippen LogP contribution in [0.4, 0.5) is 10.1 Å². The van der Waals surface area contributed by atoms with Gasteiger partial charge in [0, 0.05) is 19.0 Å². The molecule has 2 aromatic rings. The van der Waals surface area contributed by atoms with Crippen LogP contribution >= 0.6 is 11.9 Å². The predicted octanol–water partition coefficient (Wildman–Crippen LogP) is 4.12. The molecule has 2 N–H and O–H groups in total. The van der Waals surface area contributed by atoms with Gasteiger partial charge in [-0.15, -0.1) is 0 Å². The molecule has 1 unspecified atom stereocenters. The van der Waals surface area contributed by atoms with Gasteiger partial charge >= 0.3 is 0 Å². The molecule has 148 valence electrons. The summed E-state index contributed by atoms with van der Waals surface area (Å²) < 4.78 is 27.0. The number of allylic oxidation sites excluding steroid dienone is 1. The second-order valence-corrected chi connectivity index (χ2v) is 7.43. The molecule has 0 radical (unpaired) electrons. The number of hydrogen-bond donors (Lipinski definition) is 2. The lowest BCUT2D eigenvalue weighted by Crippen LogP contribution is -2.27. The van der Waals surface area contributed by atoms with Crippen molar-refractivity contribution in [1.82, 2.24) is 10.3 Å². The van der Waals surface area contributed by atoms with Gasteiger partial charge in [0.15, 0.2) is 0 Å². The van der Waals surface area contributed by atoms with Crippen LogP contribution in [-0.2, 0) is 0 Å². The average Bonchev–Trinajstić information content (AvgIpc) is 2.83. The lowest BCUT2D eigenvalue weighted by atomic mass is 10.1. The van der Waals surface area contributed by atoms with Crippen molar-refractivity contribution in [3.63, 3.8) is 0 Å². The van der Waals surface area contributed by atoms with Gasteiger partial charge < -0.3 is 24.5 Å². The fourth-order valence-electron chi connectivity index (χ4n) is 2.76. The SMILES string of the molecule is CCOc1ccc(F)cc1SN(C)c1cnc2c(c1)/C(=C/C=N)NC(C)CO2. The van der Waals surface area contributed by atoms with Crippen LogP contribution < -0.4 is 19.1 Å². The molecule has 0 bridgehead atoms. The maximum Gasteiger partial charge on any atom is 0.223 e. The van der Waals surface area contributed by atoms with E-state index in [9.17, 15) is 4.39 Å². The minimum atomic E-state index is -0.317. The highest BCUT2D eigenvalue weighted by atomic mass is 32.2. The Labute approximate surface area is 168 Å². The smallest absolute Gasteiger partial charge is 0.223 e. The lowest BCUT2D eigenvalue weighted by Gasteiger charge is -2.20. The van der Waals surface area contributed by atoms with Crippen LogP contribution in [0, 0.1) is 11.2 Å². The summed E-state index contributed by atoms with van der Waals surface area (Å²) in [6.07, 6.45) is 4.63. The van der Waals surface area contributed by atoms with Gasteiger partial charge in [0.05, 0.1) is 35.0 Å². The van der Waals surface area contributed by atoms with E-state index in [0.29, 0.717) is 29.7 Å². The van der Waals surface area contributed by atoms with Crippen molar-refractivity contribution >= 4 is 29.5 Å². The van der Waals surface area contributed by atoms with E-state index in [0.717, 1.165) is 16.9 Å². The van der Waals surface area contributed by atoms with Gasteiger partial charge in [-0.25, -0.2) is 9.37 Å². The Hall–Kier alpha value is -2.74. The summed E-state index contributed by atoms with van der Waals surface area (Å²) in [4.78, 5) is 5.12. The van der Waals surface area contributed by atoms with E-state index in [1.54, 1.807) is 18.3 Å². The predicted molar refractivity (Wildman–Crippen MR) is 111 cm³/mol. The van der Waals surface area contributed by atoms with Crippen molar-refractivity contribution in [1.29, 1.82) is 5.41 Å². The van der Waals surface area contributed by atoms with Crippen LogP contribution in [0.25, 0.3) is 5.70 Å². The van der Waals surface area contributed by atoms with Gasteiger partial charge in [-0.2, -0.15) is 0 Å². The number of benzene rings is 1. The first-order chi connectivity index (χ1) is 13.5. The number of nitrogens with zero attached hydrogens (tertiary/aromatic N) is 2. The zero-order valence-corrected chi connectivity index (χ0v) is 16.8. The van der Waals surface area contributed by atoms with Gasteiger partial charge in [-0.1, -0.05) is 0 Å². The Morgan fingerprint density at radius 1 is 1.46 bits per heavy atom. The largest absolute Gasteiger partial charge is 0.493 e. The second-order valence-electron chi connectivity index (χ2n) is 6.26. The van der Waals surface area contributed by atoms with E-state index in [2.05, 4.69) is 10.3 Å². The number of pyridine rings is 1. The third-order valence-electron chi connectivity index (χ3n) is 4.05.